The molecule has 0 saturated carbocycles. The van der Waals surface area contributed by atoms with Crippen LogP contribution in [0.2, 0.25) is 5.02 Å². The predicted octanol–water partition coefficient (Wildman–Crippen LogP) is 3.14. The van der Waals surface area contributed by atoms with Gasteiger partial charge in [0.2, 0.25) is 0 Å². The normalized spacial score (nSPS) is 11.8. The van der Waals surface area contributed by atoms with E-state index in [2.05, 4.69) is 0 Å². The maximum absolute atomic E-state index is 12.3. The highest BCUT2D eigenvalue weighted by Crippen LogP contribution is 2.33. The summed E-state index contributed by atoms with van der Waals surface area (Å²) in [6.07, 6.45) is 2.13. The zero-order valence-electron chi connectivity index (χ0n) is 13.0. The van der Waals surface area contributed by atoms with Crippen molar-refractivity contribution in [1.29, 1.82) is 0 Å². The molecule has 1 aromatic carbocycles. The maximum Gasteiger partial charge on any atom is 0.252 e. The molecule has 1 aromatic heterocycles. The molecular weight excluding hydrogens is 318 g/mol. The molecule has 1 atom stereocenters. The Balaban J connectivity index is 2.77. The van der Waals surface area contributed by atoms with Crippen LogP contribution in [0.3, 0.4) is 0 Å². The standard InChI is InChI=1S/C17H16ClNO4/c1-10(9-20)19-8-16(23-3)15(7-17(19)22)14-6-12(18)4-5-13(14)11(2)21/h4-10H,1-3H3. The molecule has 2 rings (SSSR count). The second kappa shape index (κ2) is 6.79. The lowest BCUT2D eigenvalue weighted by molar-refractivity contribution is -0.110. The van der Waals surface area contributed by atoms with E-state index in [1.165, 1.54) is 30.9 Å². The molecule has 0 bridgehead atoms. The van der Waals surface area contributed by atoms with Crippen molar-refractivity contribution in [1.82, 2.24) is 4.57 Å². The van der Waals surface area contributed by atoms with Crippen molar-refractivity contribution in [2.75, 3.05) is 7.11 Å². The fraction of sp³-hybridized carbons (Fsp3) is 0.235. The number of ether oxygens (including phenoxy) is 1. The summed E-state index contributed by atoms with van der Waals surface area (Å²) in [5, 5.41) is 0.442. The van der Waals surface area contributed by atoms with Crippen LogP contribution >= 0.6 is 11.6 Å². The first-order chi connectivity index (χ1) is 10.9. The van der Waals surface area contributed by atoms with Crippen LogP contribution in [-0.4, -0.2) is 23.7 Å². The van der Waals surface area contributed by atoms with Gasteiger partial charge in [-0.3, -0.25) is 9.59 Å². The van der Waals surface area contributed by atoms with E-state index in [0.717, 1.165) is 0 Å². The predicted molar refractivity (Wildman–Crippen MR) is 88.5 cm³/mol. The van der Waals surface area contributed by atoms with Gasteiger partial charge in [0.05, 0.1) is 19.3 Å². The van der Waals surface area contributed by atoms with Gasteiger partial charge in [-0.25, -0.2) is 0 Å². The number of methoxy groups -OCH3 is 1. The number of hydrogen-bond acceptors (Lipinski definition) is 4. The van der Waals surface area contributed by atoms with Crippen molar-refractivity contribution in [3.05, 3.63) is 51.4 Å². The van der Waals surface area contributed by atoms with Crippen LogP contribution in [0.4, 0.5) is 0 Å². The summed E-state index contributed by atoms with van der Waals surface area (Å²) in [6, 6.07) is 5.57. The minimum Gasteiger partial charge on any atom is -0.495 e. The number of carbonyl (C=O) groups is 2. The van der Waals surface area contributed by atoms with Gasteiger partial charge in [-0.1, -0.05) is 11.6 Å². The van der Waals surface area contributed by atoms with Gasteiger partial charge in [-0.2, -0.15) is 0 Å². The molecule has 1 heterocycles. The Hall–Kier alpha value is -2.40. The first-order valence-electron chi connectivity index (χ1n) is 6.95. The average molecular weight is 334 g/mol. The van der Waals surface area contributed by atoms with Gasteiger partial charge in [0, 0.05) is 22.2 Å². The smallest absolute Gasteiger partial charge is 0.252 e. The van der Waals surface area contributed by atoms with Crippen LogP contribution in [-0.2, 0) is 4.79 Å². The average Bonchev–Trinajstić information content (AvgIpc) is 2.53. The molecule has 0 radical (unpaired) electrons. The zero-order chi connectivity index (χ0) is 17.1. The minimum absolute atomic E-state index is 0.149. The van der Waals surface area contributed by atoms with Gasteiger partial charge in [0.1, 0.15) is 12.0 Å². The molecule has 0 spiro atoms. The topological polar surface area (TPSA) is 65.4 Å². The monoisotopic (exact) mass is 333 g/mol. The number of Topliss-reactive ketones (excluding diaryl/α,β-unsaturated/α-hetero) is 1. The lowest BCUT2D eigenvalue weighted by Crippen LogP contribution is -2.23. The van der Waals surface area contributed by atoms with Crippen LogP contribution in [0.25, 0.3) is 11.1 Å². The van der Waals surface area contributed by atoms with Gasteiger partial charge in [-0.05, 0) is 37.6 Å². The fourth-order valence-electron chi connectivity index (χ4n) is 2.33. The van der Waals surface area contributed by atoms with E-state index in [1.54, 1.807) is 25.1 Å². The van der Waals surface area contributed by atoms with Gasteiger partial charge < -0.3 is 14.1 Å². The second-order valence-electron chi connectivity index (χ2n) is 5.12. The molecule has 5 nitrogen and oxygen atoms in total. The SMILES string of the molecule is COc1cn(C(C)C=O)c(=O)cc1-c1cc(Cl)ccc1C(C)=O. The van der Waals surface area contributed by atoms with E-state index in [4.69, 9.17) is 16.3 Å². The summed E-state index contributed by atoms with van der Waals surface area (Å²) in [6.45, 7) is 3.04. The van der Waals surface area contributed by atoms with Crippen molar-refractivity contribution < 1.29 is 14.3 Å². The Morgan fingerprint density at radius 2 is 2.00 bits per heavy atom. The molecule has 1 unspecified atom stereocenters. The molecule has 2 aromatic rings. The van der Waals surface area contributed by atoms with Gasteiger partial charge in [-0.15, -0.1) is 0 Å². The number of benzene rings is 1. The third-order valence-electron chi connectivity index (χ3n) is 3.55. The number of nitrogens with zero attached hydrogens (tertiary/aromatic N) is 1. The Morgan fingerprint density at radius 1 is 1.30 bits per heavy atom. The van der Waals surface area contributed by atoms with E-state index in [0.29, 0.717) is 33.7 Å². The van der Waals surface area contributed by atoms with Crippen molar-refractivity contribution >= 4 is 23.7 Å². The lowest BCUT2D eigenvalue weighted by Gasteiger charge is -2.16. The number of rotatable bonds is 5. The molecule has 0 fully saturated rings. The van der Waals surface area contributed by atoms with Gasteiger partial charge in [0.25, 0.3) is 5.56 Å². The summed E-state index contributed by atoms with van der Waals surface area (Å²) in [5.74, 6) is 0.229. The first-order valence-corrected chi connectivity index (χ1v) is 7.33. The minimum atomic E-state index is -0.614. The van der Waals surface area contributed by atoms with Crippen LogP contribution in [0, 0.1) is 0 Å². The van der Waals surface area contributed by atoms with Gasteiger partial charge in [0.15, 0.2) is 5.78 Å². The van der Waals surface area contributed by atoms with Crippen LogP contribution in [0.5, 0.6) is 5.75 Å². The van der Waals surface area contributed by atoms with E-state index in [1.807, 2.05) is 0 Å². The fourth-order valence-corrected chi connectivity index (χ4v) is 2.50. The number of halogens is 1. The molecule has 23 heavy (non-hydrogen) atoms. The number of carbonyl (C=O) groups excluding carboxylic acids is 2. The maximum atomic E-state index is 12.3. The highest BCUT2D eigenvalue weighted by atomic mass is 35.5. The summed E-state index contributed by atoms with van der Waals surface area (Å²) in [4.78, 5) is 35.1. The Labute approximate surface area is 138 Å². The van der Waals surface area contributed by atoms with Crippen molar-refractivity contribution in [3.8, 4) is 16.9 Å². The number of pyridine rings is 1. The molecular formula is C17H16ClNO4. The van der Waals surface area contributed by atoms with Crippen LogP contribution in [0.1, 0.15) is 30.2 Å². The van der Waals surface area contributed by atoms with E-state index >= 15 is 0 Å². The first kappa shape index (κ1) is 17.0. The second-order valence-corrected chi connectivity index (χ2v) is 5.56. The summed E-state index contributed by atoms with van der Waals surface area (Å²) >= 11 is 6.03. The summed E-state index contributed by atoms with van der Waals surface area (Å²) in [5.41, 5.74) is 1.05. The highest BCUT2D eigenvalue weighted by Gasteiger charge is 2.17. The number of aldehydes is 1. The lowest BCUT2D eigenvalue weighted by atomic mass is 9.97. The molecule has 0 saturated heterocycles. The molecule has 6 heteroatoms. The number of aromatic nitrogens is 1. The molecule has 0 amide bonds. The summed E-state index contributed by atoms with van der Waals surface area (Å²) in [7, 11) is 1.46. The zero-order valence-corrected chi connectivity index (χ0v) is 13.8. The largest absolute Gasteiger partial charge is 0.495 e. The van der Waals surface area contributed by atoms with Crippen LogP contribution in [0.15, 0.2) is 35.3 Å². The van der Waals surface area contributed by atoms with Crippen molar-refractivity contribution in [2.24, 2.45) is 0 Å². The Bertz CT molecular complexity index is 826. The quantitative estimate of drug-likeness (QED) is 0.623. The van der Waals surface area contributed by atoms with Crippen molar-refractivity contribution in [3.63, 3.8) is 0 Å². The number of ketones is 1. The molecule has 0 aliphatic heterocycles. The molecule has 0 aliphatic rings. The van der Waals surface area contributed by atoms with Gasteiger partial charge >= 0.3 is 0 Å². The van der Waals surface area contributed by atoms with E-state index in [-0.39, 0.29) is 11.3 Å². The molecule has 0 N–H and O–H groups in total. The Morgan fingerprint density at radius 3 is 2.57 bits per heavy atom. The molecule has 0 aliphatic carbocycles. The van der Waals surface area contributed by atoms with E-state index in [9.17, 15) is 14.4 Å². The van der Waals surface area contributed by atoms with Crippen molar-refractivity contribution in [2.45, 2.75) is 19.9 Å². The number of hydrogen-bond donors (Lipinski definition) is 0. The van der Waals surface area contributed by atoms with Crippen LogP contribution < -0.4 is 10.3 Å². The Kier molecular flexibility index (Phi) is 5.01. The molecule has 120 valence electrons. The van der Waals surface area contributed by atoms with E-state index < -0.39 is 6.04 Å². The highest BCUT2D eigenvalue weighted by molar-refractivity contribution is 6.31. The third-order valence-corrected chi connectivity index (χ3v) is 3.79. The summed E-state index contributed by atoms with van der Waals surface area (Å²) < 4.78 is 6.61. The third kappa shape index (κ3) is 3.35.